The Balaban J connectivity index is 2.19. The lowest BCUT2D eigenvalue weighted by molar-refractivity contribution is 0.397. The summed E-state index contributed by atoms with van der Waals surface area (Å²) in [5.41, 5.74) is 3.82. The van der Waals surface area contributed by atoms with E-state index in [2.05, 4.69) is 21.9 Å². The van der Waals surface area contributed by atoms with Gasteiger partial charge in [0.2, 0.25) is 0 Å². The molecule has 0 saturated heterocycles. The Morgan fingerprint density at radius 2 is 2.00 bits per heavy atom. The van der Waals surface area contributed by atoms with Gasteiger partial charge < -0.3 is 5.11 Å². The number of imidazole rings is 1. The van der Waals surface area contributed by atoms with Gasteiger partial charge in [0.25, 0.3) is 6.01 Å². The minimum Gasteiger partial charge on any atom is -0.480 e. The first-order chi connectivity index (χ1) is 11.1. The van der Waals surface area contributed by atoms with Crippen LogP contribution in [-0.2, 0) is 6.54 Å². The molecular weight excluding hydrogens is 312 g/mol. The van der Waals surface area contributed by atoms with Gasteiger partial charge in [-0.05, 0) is 25.0 Å². The van der Waals surface area contributed by atoms with Crippen LogP contribution in [0, 0.1) is 6.92 Å². The maximum atomic E-state index is 10.2. The molecule has 0 aromatic carbocycles. The lowest BCUT2D eigenvalue weighted by Crippen LogP contribution is -2.00. The quantitative estimate of drug-likeness (QED) is 0.706. The van der Waals surface area contributed by atoms with E-state index in [9.17, 15) is 5.11 Å². The van der Waals surface area contributed by atoms with Crippen LogP contribution in [0.1, 0.15) is 31.7 Å². The third-order valence-electron chi connectivity index (χ3n) is 3.86. The minimum absolute atomic E-state index is 0.0285. The second-order valence-electron chi connectivity index (χ2n) is 5.64. The Labute approximate surface area is 140 Å². The molecule has 0 atom stereocenters. The molecule has 3 aromatic rings. The number of fused-ring (bicyclic) bond motifs is 1. The van der Waals surface area contributed by atoms with Crippen LogP contribution in [0.25, 0.3) is 22.4 Å². The number of hydrogen-bond acceptors (Lipinski definition) is 4. The van der Waals surface area contributed by atoms with Crippen LogP contribution >= 0.6 is 11.6 Å². The van der Waals surface area contributed by atoms with E-state index < -0.39 is 0 Å². The van der Waals surface area contributed by atoms with Crippen molar-refractivity contribution in [2.24, 2.45) is 0 Å². The minimum atomic E-state index is -0.0285. The van der Waals surface area contributed by atoms with Crippen LogP contribution in [-0.4, -0.2) is 24.6 Å². The van der Waals surface area contributed by atoms with E-state index in [0.29, 0.717) is 17.2 Å². The van der Waals surface area contributed by atoms with Gasteiger partial charge in [-0.2, -0.15) is 4.98 Å². The van der Waals surface area contributed by atoms with E-state index in [1.807, 2.05) is 19.1 Å². The normalized spacial score (nSPS) is 11.3. The topological polar surface area (TPSA) is 63.8 Å². The zero-order valence-electron chi connectivity index (χ0n) is 13.3. The van der Waals surface area contributed by atoms with Crippen molar-refractivity contribution in [2.75, 3.05) is 0 Å². The number of aryl methyl sites for hydroxylation is 2. The number of halogens is 1. The van der Waals surface area contributed by atoms with E-state index in [4.69, 9.17) is 11.6 Å². The van der Waals surface area contributed by atoms with Crippen molar-refractivity contribution in [3.8, 4) is 17.3 Å². The summed E-state index contributed by atoms with van der Waals surface area (Å²) in [7, 11) is 0. The highest BCUT2D eigenvalue weighted by Crippen LogP contribution is 2.35. The van der Waals surface area contributed by atoms with E-state index >= 15 is 0 Å². The first-order valence-corrected chi connectivity index (χ1v) is 8.16. The smallest absolute Gasteiger partial charge is 0.296 e. The molecule has 0 amide bonds. The first kappa shape index (κ1) is 15.7. The predicted molar refractivity (Wildman–Crippen MR) is 91.7 cm³/mol. The third kappa shape index (κ3) is 3.01. The summed E-state index contributed by atoms with van der Waals surface area (Å²) in [6.07, 6.45) is 6.52. The fourth-order valence-electron chi connectivity index (χ4n) is 2.65. The molecule has 0 aliphatic carbocycles. The number of pyridine rings is 2. The molecule has 3 aromatic heterocycles. The van der Waals surface area contributed by atoms with E-state index in [1.54, 1.807) is 17.0 Å². The van der Waals surface area contributed by atoms with Gasteiger partial charge in [0, 0.05) is 24.5 Å². The maximum absolute atomic E-state index is 10.2. The van der Waals surface area contributed by atoms with Crippen molar-refractivity contribution in [1.82, 2.24) is 19.5 Å². The van der Waals surface area contributed by atoms with Gasteiger partial charge in [-0.3, -0.25) is 9.55 Å². The highest BCUT2D eigenvalue weighted by atomic mass is 35.5. The zero-order valence-corrected chi connectivity index (χ0v) is 14.0. The molecule has 3 rings (SSSR count). The Kier molecular flexibility index (Phi) is 4.48. The van der Waals surface area contributed by atoms with Crippen LogP contribution in [0.15, 0.2) is 24.5 Å². The van der Waals surface area contributed by atoms with Crippen molar-refractivity contribution in [2.45, 2.75) is 39.7 Å². The van der Waals surface area contributed by atoms with Gasteiger partial charge in [-0.1, -0.05) is 37.4 Å². The second-order valence-corrected chi connectivity index (χ2v) is 6.05. The van der Waals surface area contributed by atoms with Gasteiger partial charge in [-0.25, -0.2) is 4.98 Å². The summed E-state index contributed by atoms with van der Waals surface area (Å²) in [4.78, 5) is 12.9. The molecule has 6 heteroatoms. The zero-order chi connectivity index (χ0) is 16.4. The molecule has 3 heterocycles. The highest BCUT2D eigenvalue weighted by Gasteiger charge is 2.19. The summed E-state index contributed by atoms with van der Waals surface area (Å²) in [6.45, 7) is 4.81. The fourth-order valence-corrected chi connectivity index (χ4v) is 2.89. The molecule has 0 fully saturated rings. The molecule has 0 spiro atoms. The van der Waals surface area contributed by atoms with Gasteiger partial charge in [0.15, 0.2) is 5.65 Å². The van der Waals surface area contributed by atoms with E-state index in [-0.39, 0.29) is 6.01 Å². The molecular formula is C17H19ClN4O. The molecule has 0 aliphatic rings. The molecule has 0 aliphatic heterocycles. The molecule has 0 saturated carbocycles. The van der Waals surface area contributed by atoms with E-state index in [1.165, 1.54) is 0 Å². The average Bonchev–Trinajstić information content (AvgIpc) is 2.85. The first-order valence-electron chi connectivity index (χ1n) is 7.78. The van der Waals surface area contributed by atoms with Crippen molar-refractivity contribution in [3.63, 3.8) is 0 Å². The summed E-state index contributed by atoms with van der Waals surface area (Å²) < 4.78 is 1.78. The Morgan fingerprint density at radius 3 is 2.70 bits per heavy atom. The van der Waals surface area contributed by atoms with E-state index in [0.717, 1.165) is 41.6 Å². The monoisotopic (exact) mass is 330 g/mol. The summed E-state index contributed by atoms with van der Waals surface area (Å²) >= 11 is 6.39. The lowest BCUT2D eigenvalue weighted by Gasteiger charge is -2.10. The van der Waals surface area contributed by atoms with Crippen molar-refractivity contribution in [1.29, 1.82) is 0 Å². The Bertz CT molecular complexity index is 827. The molecule has 120 valence electrons. The second kappa shape index (κ2) is 6.54. The summed E-state index contributed by atoms with van der Waals surface area (Å²) in [5, 5.41) is 10.7. The number of hydrogen-bond donors (Lipinski definition) is 1. The summed E-state index contributed by atoms with van der Waals surface area (Å²) in [5.74, 6) is 0. The number of unbranched alkanes of at least 4 members (excludes halogenated alkanes) is 2. The number of nitrogens with zero attached hydrogens (tertiary/aromatic N) is 4. The molecule has 5 nitrogen and oxygen atoms in total. The molecule has 23 heavy (non-hydrogen) atoms. The van der Waals surface area contributed by atoms with Crippen molar-refractivity contribution >= 4 is 22.8 Å². The standard InChI is InChI=1S/C17H19ClN4O/c1-3-4-5-8-22-15-14(13-7-6-11(2)9-19-13)12(18)10-20-16(15)21-17(22)23/h6-7,9-10H,3-5,8H2,1-2H3,(H,20,21,23). The molecule has 1 N–H and O–H groups in total. The van der Waals surface area contributed by atoms with Crippen LogP contribution in [0.3, 0.4) is 0 Å². The molecule has 0 unspecified atom stereocenters. The SMILES string of the molecule is CCCCCn1c(O)nc2ncc(Cl)c(-c3ccc(C)cn3)c21. The molecule has 0 radical (unpaired) electrons. The summed E-state index contributed by atoms with van der Waals surface area (Å²) in [6, 6.07) is 3.89. The average molecular weight is 331 g/mol. The fraction of sp³-hybridized carbons (Fsp3) is 0.353. The van der Waals surface area contributed by atoms with Crippen LogP contribution in [0.5, 0.6) is 6.01 Å². The van der Waals surface area contributed by atoms with Crippen LogP contribution in [0.4, 0.5) is 0 Å². The van der Waals surface area contributed by atoms with Crippen molar-refractivity contribution in [3.05, 3.63) is 35.1 Å². The highest BCUT2D eigenvalue weighted by molar-refractivity contribution is 6.34. The van der Waals surface area contributed by atoms with Gasteiger partial charge in [0.1, 0.15) is 5.52 Å². The Morgan fingerprint density at radius 1 is 1.17 bits per heavy atom. The third-order valence-corrected chi connectivity index (χ3v) is 4.14. The van der Waals surface area contributed by atoms with Crippen LogP contribution in [0.2, 0.25) is 5.02 Å². The van der Waals surface area contributed by atoms with Gasteiger partial charge >= 0.3 is 0 Å². The largest absolute Gasteiger partial charge is 0.480 e. The predicted octanol–water partition coefficient (Wildman–Crippen LogP) is 4.35. The molecule has 0 bridgehead atoms. The van der Waals surface area contributed by atoms with Crippen molar-refractivity contribution < 1.29 is 5.11 Å². The van der Waals surface area contributed by atoms with Gasteiger partial charge in [-0.15, -0.1) is 0 Å². The number of rotatable bonds is 5. The number of aromatic nitrogens is 4. The number of aromatic hydroxyl groups is 1. The maximum Gasteiger partial charge on any atom is 0.296 e. The van der Waals surface area contributed by atoms with Crippen LogP contribution < -0.4 is 0 Å². The Hall–Kier alpha value is -2.14. The lowest BCUT2D eigenvalue weighted by atomic mass is 10.1. The van der Waals surface area contributed by atoms with Gasteiger partial charge in [0.05, 0.1) is 10.7 Å².